The van der Waals surface area contributed by atoms with Gasteiger partial charge in [0.15, 0.2) is 5.96 Å². The Kier molecular flexibility index (Phi) is 10.1. The largest absolute Gasteiger partial charge is 0.354 e. The van der Waals surface area contributed by atoms with Crippen molar-refractivity contribution in [1.29, 1.82) is 0 Å². The molecule has 0 heterocycles. The number of nitrogens with zero attached hydrogens (tertiary/aromatic N) is 2. The number of halogens is 1. The molecule has 6 heteroatoms. The van der Waals surface area contributed by atoms with E-state index in [0.717, 1.165) is 24.3 Å². The smallest absolute Gasteiger partial charge is 0.191 e. The van der Waals surface area contributed by atoms with Gasteiger partial charge in [-0.1, -0.05) is 24.3 Å². The molecule has 136 valence electrons. The molecule has 1 aliphatic carbocycles. The summed E-state index contributed by atoms with van der Waals surface area (Å²) in [5.41, 5.74) is 2.62. The van der Waals surface area contributed by atoms with Crippen LogP contribution in [0.3, 0.4) is 0 Å². The van der Waals surface area contributed by atoms with Gasteiger partial charge >= 0.3 is 0 Å². The molecule has 0 spiro atoms. The maximum Gasteiger partial charge on any atom is 0.191 e. The van der Waals surface area contributed by atoms with Gasteiger partial charge in [0.1, 0.15) is 0 Å². The van der Waals surface area contributed by atoms with Crippen LogP contribution < -0.4 is 10.6 Å². The van der Waals surface area contributed by atoms with Crippen LogP contribution in [0.4, 0.5) is 0 Å². The summed E-state index contributed by atoms with van der Waals surface area (Å²) >= 11 is 1.98. The zero-order valence-electron chi connectivity index (χ0n) is 15.2. The zero-order chi connectivity index (χ0) is 16.7. The van der Waals surface area contributed by atoms with Crippen LogP contribution >= 0.6 is 35.7 Å². The summed E-state index contributed by atoms with van der Waals surface area (Å²) in [5, 5.41) is 7.78. The van der Waals surface area contributed by atoms with E-state index >= 15 is 0 Å². The van der Waals surface area contributed by atoms with E-state index in [-0.39, 0.29) is 24.0 Å². The molecule has 1 fully saturated rings. The highest BCUT2D eigenvalue weighted by molar-refractivity contribution is 14.0. The zero-order valence-corrected chi connectivity index (χ0v) is 18.4. The third kappa shape index (κ3) is 7.19. The minimum absolute atomic E-state index is 0. The van der Waals surface area contributed by atoms with Gasteiger partial charge in [-0.3, -0.25) is 4.99 Å². The minimum atomic E-state index is 0. The highest BCUT2D eigenvalue weighted by Gasteiger charge is 2.24. The standard InChI is InChI=1S/C18H30N4S.HI/c1-19-18(21-16-9-10-17(11-16)23-4)20-12-14-5-7-15(8-6-14)13-22(2)3;/h5-8,16-17H,9-13H2,1-4H3,(H2,19,20,21);1H. The lowest BCUT2D eigenvalue weighted by molar-refractivity contribution is 0.402. The molecule has 0 radical (unpaired) electrons. The summed E-state index contributed by atoms with van der Waals surface area (Å²) < 4.78 is 0. The number of guanidine groups is 1. The molecule has 24 heavy (non-hydrogen) atoms. The summed E-state index contributed by atoms with van der Waals surface area (Å²) in [6.45, 7) is 1.79. The lowest BCUT2D eigenvalue weighted by Crippen LogP contribution is -2.42. The van der Waals surface area contributed by atoms with Crippen LogP contribution in [0.15, 0.2) is 29.3 Å². The maximum atomic E-state index is 4.36. The number of hydrogen-bond acceptors (Lipinski definition) is 3. The van der Waals surface area contributed by atoms with Crippen molar-refractivity contribution >= 4 is 41.7 Å². The SMILES string of the molecule is CN=C(NCc1ccc(CN(C)C)cc1)NC1CCC(SC)C1.I. The Hall–Kier alpha value is -0.470. The molecule has 0 saturated heterocycles. The average molecular weight is 462 g/mol. The van der Waals surface area contributed by atoms with Gasteiger partial charge in [-0.2, -0.15) is 11.8 Å². The van der Waals surface area contributed by atoms with Crippen molar-refractivity contribution in [2.24, 2.45) is 4.99 Å². The van der Waals surface area contributed by atoms with E-state index in [4.69, 9.17) is 0 Å². The fraction of sp³-hybridized carbons (Fsp3) is 0.611. The second-order valence-electron chi connectivity index (χ2n) is 6.49. The van der Waals surface area contributed by atoms with Gasteiger partial charge < -0.3 is 15.5 Å². The second-order valence-corrected chi connectivity index (χ2v) is 7.63. The lowest BCUT2D eigenvalue weighted by Gasteiger charge is -2.17. The monoisotopic (exact) mass is 462 g/mol. The molecule has 1 aromatic rings. The van der Waals surface area contributed by atoms with Crippen LogP contribution in [0, 0.1) is 0 Å². The van der Waals surface area contributed by atoms with Crippen molar-refractivity contribution in [1.82, 2.24) is 15.5 Å². The van der Waals surface area contributed by atoms with E-state index in [1.54, 1.807) is 0 Å². The van der Waals surface area contributed by atoms with Crippen LogP contribution in [-0.4, -0.2) is 49.6 Å². The number of benzene rings is 1. The first-order valence-electron chi connectivity index (χ1n) is 8.33. The van der Waals surface area contributed by atoms with E-state index in [9.17, 15) is 0 Å². The summed E-state index contributed by atoms with van der Waals surface area (Å²) in [7, 11) is 6.03. The summed E-state index contributed by atoms with van der Waals surface area (Å²) in [4.78, 5) is 6.54. The summed E-state index contributed by atoms with van der Waals surface area (Å²) in [6.07, 6.45) is 6.00. The Labute approximate surface area is 168 Å². The van der Waals surface area contributed by atoms with Crippen LogP contribution in [0.2, 0.25) is 0 Å². The van der Waals surface area contributed by atoms with Crippen molar-refractivity contribution in [2.45, 2.75) is 43.6 Å². The molecule has 2 atom stereocenters. The van der Waals surface area contributed by atoms with Crippen LogP contribution in [0.5, 0.6) is 0 Å². The number of nitrogens with one attached hydrogen (secondary N) is 2. The third-order valence-electron chi connectivity index (χ3n) is 4.26. The molecule has 2 unspecified atom stereocenters. The topological polar surface area (TPSA) is 39.7 Å². The van der Waals surface area contributed by atoms with Crippen LogP contribution in [-0.2, 0) is 13.1 Å². The van der Waals surface area contributed by atoms with E-state index < -0.39 is 0 Å². The maximum absolute atomic E-state index is 4.36. The van der Waals surface area contributed by atoms with Gasteiger partial charge in [-0.15, -0.1) is 24.0 Å². The molecule has 0 aromatic heterocycles. The fourth-order valence-corrected chi connectivity index (χ4v) is 3.78. The first-order valence-corrected chi connectivity index (χ1v) is 9.62. The predicted octanol–water partition coefficient (Wildman–Crippen LogP) is 3.32. The van der Waals surface area contributed by atoms with Gasteiger partial charge in [0, 0.05) is 31.4 Å². The number of rotatable bonds is 6. The average Bonchev–Trinajstić information content (AvgIpc) is 3.00. The Morgan fingerprint density at radius 2 is 1.88 bits per heavy atom. The van der Waals surface area contributed by atoms with E-state index in [1.165, 1.54) is 30.4 Å². The van der Waals surface area contributed by atoms with Gasteiger partial charge in [-0.25, -0.2) is 0 Å². The quantitative estimate of drug-likeness (QED) is 0.387. The van der Waals surface area contributed by atoms with E-state index in [1.807, 2.05) is 18.8 Å². The van der Waals surface area contributed by atoms with Crippen molar-refractivity contribution in [2.75, 3.05) is 27.4 Å². The minimum Gasteiger partial charge on any atom is -0.354 e. The molecule has 2 N–H and O–H groups in total. The molecule has 4 nitrogen and oxygen atoms in total. The molecule has 1 saturated carbocycles. The highest BCUT2D eigenvalue weighted by Crippen LogP contribution is 2.27. The predicted molar refractivity (Wildman–Crippen MR) is 118 cm³/mol. The Balaban J connectivity index is 0.00000288. The lowest BCUT2D eigenvalue weighted by atomic mass is 10.1. The molecule has 1 aliphatic rings. The van der Waals surface area contributed by atoms with Crippen molar-refractivity contribution in [3.63, 3.8) is 0 Å². The first-order chi connectivity index (χ1) is 11.1. The van der Waals surface area contributed by atoms with Crippen molar-refractivity contribution in [3.8, 4) is 0 Å². The van der Waals surface area contributed by atoms with E-state index in [0.29, 0.717) is 6.04 Å². The van der Waals surface area contributed by atoms with Gasteiger partial charge in [-0.05, 0) is 50.7 Å². The number of aliphatic imine (C=N–C) groups is 1. The molecular formula is C18H31IN4S. The number of thioether (sulfide) groups is 1. The van der Waals surface area contributed by atoms with Crippen molar-refractivity contribution in [3.05, 3.63) is 35.4 Å². The molecular weight excluding hydrogens is 431 g/mol. The molecule has 0 bridgehead atoms. The molecule has 0 aliphatic heterocycles. The highest BCUT2D eigenvalue weighted by atomic mass is 127. The Morgan fingerprint density at radius 3 is 2.42 bits per heavy atom. The van der Waals surface area contributed by atoms with E-state index in [2.05, 4.69) is 65.1 Å². The third-order valence-corrected chi connectivity index (χ3v) is 5.36. The molecule has 0 amide bonds. The fourth-order valence-electron chi connectivity index (χ4n) is 2.99. The normalized spacial score (nSPS) is 20.8. The molecule has 1 aromatic carbocycles. The second kappa shape index (κ2) is 11.2. The Morgan fingerprint density at radius 1 is 1.21 bits per heavy atom. The van der Waals surface area contributed by atoms with Crippen LogP contribution in [0.25, 0.3) is 0 Å². The molecule has 2 rings (SSSR count). The first kappa shape index (κ1) is 21.6. The Bertz CT molecular complexity index is 504. The van der Waals surface area contributed by atoms with Crippen LogP contribution in [0.1, 0.15) is 30.4 Å². The van der Waals surface area contributed by atoms with Gasteiger partial charge in [0.05, 0.1) is 0 Å². The van der Waals surface area contributed by atoms with Gasteiger partial charge in [0.2, 0.25) is 0 Å². The van der Waals surface area contributed by atoms with Crippen molar-refractivity contribution < 1.29 is 0 Å². The summed E-state index contributed by atoms with van der Waals surface area (Å²) in [5.74, 6) is 0.911. The number of hydrogen-bond donors (Lipinski definition) is 2. The summed E-state index contributed by atoms with van der Waals surface area (Å²) in [6, 6.07) is 9.35. The van der Waals surface area contributed by atoms with Gasteiger partial charge in [0.25, 0.3) is 0 Å².